The number of benzene rings is 1. The fraction of sp³-hybridized carbons (Fsp3) is 0.462. The molecule has 0 saturated carbocycles. The molecule has 0 fully saturated rings. The molecule has 0 heterocycles. The second-order valence-corrected chi connectivity index (χ2v) is 4.99. The summed E-state index contributed by atoms with van der Waals surface area (Å²) in [5.74, 6) is -0.202. The lowest BCUT2D eigenvalue weighted by Gasteiger charge is -2.23. The molecule has 0 aliphatic rings. The summed E-state index contributed by atoms with van der Waals surface area (Å²) < 4.78 is 38.6. The number of nitrogens with two attached hydrogens (primary N) is 1. The first kappa shape index (κ1) is 16.1. The van der Waals surface area contributed by atoms with E-state index in [1.807, 2.05) is 18.7 Å². The van der Waals surface area contributed by atoms with E-state index in [1.54, 1.807) is 7.05 Å². The fourth-order valence-electron chi connectivity index (χ4n) is 1.94. The van der Waals surface area contributed by atoms with Gasteiger partial charge in [0.1, 0.15) is 0 Å². The molecular weight excluding hydrogens is 271 g/mol. The molecule has 0 amide bonds. The van der Waals surface area contributed by atoms with Crippen LogP contribution < -0.4 is 10.6 Å². The molecule has 4 nitrogen and oxygen atoms in total. The molecule has 7 heteroatoms. The van der Waals surface area contributed by atoms with Crippen molar-refractivity contribution in [3.05, 3.63) is 29.3 Å². The topological polar surface area (TPSA) is 61.8 Å². The first-order chi connectivity index (χ1) is 9.16. The molecule has 0 radical (unpaired) electrons. The van der Waals surface area contributed by atoms with E-state index in [1.165, 1.54) is 12.1 Å². The van der Waals surface area contributed by atoms with Crippen molar-refractivity contribution in [1.29, 1.82) is 0 Å². The lowest BCUT2D eigenvalue weighted by molar-refractivity contribution is -0.137. The number of hydrogen-bond donors (Lipinski definition) is 2. The molecular formula is C13H18F3N3O. The van der Waals surface area contributed by atoms with E-state index in [2.05, 4.69) is 5.16 Å². The number of alkyl halides is 3. The molecule has 1 aromatic rings. The van der Waals surface area contributed by atoms with Gasteiger partial charge >= 0.3 is 6.18 Å². The third-order valence-corrected chi connectivity index (χ3v) is 2.77. The van der Waals surface area contributed by atoms with E-state index >= 15 is 0 Å². The zero-order valence-electron chi connectivity index (χ0n) is 11.6. The van der Waals surface area contributed by atoms with Crippen molar-refractivity contribution in [2.75, 3.05) is 18.5 Å². The summed E-state index contributed by atoms with van der Waals surface area (Å²) in [6.45, 7) is 4.69. The largest absolute Gasteiger partial charge is 0.417 e. The molecule has 0 atom stereocenters. The molecule has 0 aliphatic heterocycles. The summed E-state index contributed by atoms with van der Waals surface area (Å²) in [7, 11) is 1.78. The summed E-state index contributed by atoms with van der Waals surface area (Å²) in [6.07, 6.45) is -4.56. The van der Waals surface area contributed by atoms with Crippen LogP contribution >= 0.6 is 0 Å². The van der Waals surface area contributed by atoms with Crippen LogP contribution in [0, 0.1) is 5.92 Å². The van der Waals surface area contributed by atoms with Crippen molar-refractivity contribution >= 4 is 11.5 Å². The maximum Gasteiger partial charge on any atom is 0.417 e. The summed E-state index contributed by atoms with van der Waals surface area (Å²) in [6, 6.07) is 3.60. The highest BCUT2D eigenvalue weighted by atomic mass is 19.4. The molecule has 0 aromatic heterocycles. The molecule has 0 unspecified atom stereocenters. The number of halogens is 3. The van der Waals surface area contributed by atoms with Gasteiger partial charge in [0.2, 0.25) is 0 Å². The van der Waals surface area contributed by atoms with Crippen molar-refractivity contribution in [1.82, 2.24) is 0 Å². The van der Waals surface area contributed by atoms with Crippen LogP contribution in [0.15, 0.2) is 23.4 Å². The number of oxime groups is 1. The zero-order chi connectivity index (χ0) is 15.5. The van der Waals surface area contributed by atoms with Crippen LogP contribution in [0.4, 0.5) is 18.9 Å². The van der Waals surface area contributed by atoms with Crippen molar-refractivity contribution in [2.24, 2.45) is 16.8 Å². The van der Waals surface area contributed by atoms with E-state index in [0.29, 0.717) is 18.2 Å². The quantitative estimate of drug-likeness (QED) is 0.388. The molecule has 3 N–H and O–H groups in total. The Hall–Kier alpha value is -1.92. The van der Waals surface area contributed by atoms with Gasteiger partial charge in [-0.1, -0.05) is 19.0 Å². The van der Waals surface area contributed by atoms with Gasteiger partial charge in [-0.2, -0.15) is 13.2 Å². The average molecular weight is 289 g/mol. The monoisotopic (exact) mass is 289 g/mol. The SMILES string of the molecule is CC(C)CN(C)c1ccc(C(F)(F)F)c(/C(N)=N/O)c1. The van der Waals surface area contributed by atoms with E-state index in [0.717, 1.165) is 6.07 Å². The number of hydrogen-bond acceptors (Lipinski definition) is 3. The van der Waals surface area contributed by atoms with Gasteiger partial charge in [-0.05, 0) is 24.1 Å². The average Bonchev–Trinajstić information content (AvgIpc) is 2.35. The predicted molar refractivity (Wildman–Crippen MR) is 72.1 cm³/mol. The smallest absolute Gasteiger partial charge is 0.409 e. The number of anilines is 1. The third-order valence-electron chi connectivity index (χ3n) is 2.77. The summed E-state index contributed by atoms with van der Waals surface area (Å²) in [5.41, 5.74) is 4.67. The molecule has 0 saturated heterocycles. The molecule has 0 bridgehead atoms. The molecule has 0 aliphatic carbocycles. The first-order valence-electron chi connectivity index (χ1n) is 6.07. The first-order valence-corrected chi connectivity index (χ1v) is 6.07. The van der Waals surface area contributed by atoms with Crippen LogP contribution in [0.5, 0.6) is 0 Å². The molecule has 0 spiro atoms. The molecule has 112 valence electrons. The van der Waals surface area contributed by atoms with Gasteiger partial charge in [0.25, 0.3) is 0 Å². The van der Waals surface area contributed by atoms with Crippen LogP contribution in [-0.4, -0.2) is 24.6 Å². The highest BCUT2D eigenvalue weighted by Crippen LogP contribution is 2.34. The minimum atomic E-state index is -4.56. The minimum absolute atomic E-state index is 0.326. The van der Waals surface area contributed by atoms with Gasteiger partial charge in [0.05, 0.1) is 5.56 Å². The highest BCUT2D eigenvalue weighted by molar-refractivity contribution is 5.99. The molecule has 1 aromatic carbocycles. The van der Waals surface area contributed by atoms with Crippen LogP contribution in [0.2, 0.25) is 0 Å². The van der Waals surface area contributed by atoms with Gasteiger partial charge in [-0.3, -0.25) is 0 Å². The van der Waals surface area contributed by atoms with E-state index in [4.69, 9.17) is 10.9 Å². The maximum absolute atomic E-state index is 12.9. The Morgan fingerprint density at radius 2 is 2.00 bits per heavy atom. The Morgan fingerprint density at radius 1 is 1.40 bits per heavy atom. The molecule has 1 rings (SSSR count). The lowest BCUT2D eigenvalue weighted by Crippen LogP contribution is -2.25. The maximum atomic E-state index is 12.9. The van der Waals surface area contributed by atoms with E-state index in [-0.39, 0.29) is 5.56 Å². The van der Waals surface area contributed by atoms with Crippen molar-refractivity contribution in [3.8, 4) is 0 Å². The van der Waals surface area contributed by atoms with Crippen LogP contribution in [0.25, 0.3) is 0 Å². The third kappa shape index (κ3) is 3.79. The van der Waals surface area contributed by atoms with Gasteiger partial charge in [-0.25, -0.2) is 0 Å². The normalized spacial score (nSPS) is 12.8. The minimum Gasteiger partial charge on any atom is -0.409 e. The van der Waals surface area contributed by atoms with Crippen LogP contribution in [0.1, 0.15) is 25.0 Å². The Bertz CT molecular complexity index is 498. The van der Waals surface area contributed by atoms with Gasteiger partial charge in [0.15, 0.2) is 5.84 Å². The summed E-state index contributed by atoms with van der Waals surface area (Å²) >= 11 is 0. The second-order valence-electron chi connectivity index (χ2n) is 4.99. The summed E-state index contributed by atoms with van der Waals surface area (Å²) in [5, 5.41) is 11.3. The van der Waals surface area contributed by atoms with Crippen LogP contribution in [-0.2, 0) is 6.18 Å². The van der Waals surface area contributed by atoms with Gasteiger partial charge in [0, 0.05) is 24.8 Å². The van der Waals surface area contributed by atoms with E-state index in [9.17, 15) is 13.2 Å². The number of nitrogens with zero attached hydrogens (tertiary/aromatic N) is 2. The number of amidine groups is 1. The lowest BCUT2D eigenvalue weighted by atomic mass is 10.0. The van der Waals surface area contributed by atoms with Crippen LogP contribution in [0.3, 0.4) is 0 Å². The Balaban J connectivity index is 3.28. The fourth-order valence-corrected chi connectivity index (χ4v) is 1.94. The van der Waals surface area contributed by atoms with Crippen molar-refractivity contribution < 1.29 is 18.4 Å². The Morgan fingerprint density at radius 3 is 2.45 bits per heavy atom. The molecule has 20 heavy (non-hydrogen) atoms. The van der Waals surface area contributed by atoms with Crippen molar-refractivity contribution in [3.63, 3.8) is 0 Å². The Kier molecular flexibility index (Phi) is 4.86. The summed E-state index contributed by atoms with van der Waals surface area (Å²) in [4.78, 5) is 1.82. The standard InChI is InChI=1S/C13H18F3N3O/c1-8(2)7-19(3)9-4-5-11(13(14,15)16)10(6-9)12(17)18-20/h4-6,8,20H,7H2,1-3H3,(H2,17,18). The van der Waals surface area contributed by atoms with Gasteiger partial charge < -0.3 is 15.8 Å². The van der Waals surface area contributed by atoms with Crippen molar-refractivity contribution in [2.45, 2.75) is 20.0 Å². The predicted octanol–water partition coefficient (Wildman–Crippen LogP) is 2.89. The zero-order valence-corrected chi connectivity index (χ0v) is 11.6. The Labute approximate surface area is 115 Å². The highest BCUT2D eigenvalue weighted by Gasteiger charge is 2.34. The van der Waals surface area contributed by atoms with Gasteiger partial charge in [-0.15, -0.1) is 0 Å². The van der Waals surface area contributed by atoms with E-state index < -0.39 is 17.6 Å². The second kappa shape index (κ2) is 6.02. The number of rotatable bonds is 4.